The van der Waals surface area contributed by atoms with E-state index < -0.39 is 15.7 Å². The number of amides is 1. The number of halogens is 1. The van der Waals surface area contributed by atoms with E-state index in [0.717, 1.165) is 28.3 Å². The number of rotatable bonds is 6. The Morgan fingerprint density at radius 3 is 2.53 bits per heavy atom. The summed E-state index contributed by atoms with van der Waals surface area (Å²) in [5.41, 5.74) is 2.86. The fraction of sp³-hybridized carbons (Fsp3) is 0.136. The van der Waals surface area contributed by atoms with Gasteiger partial charge in [-0.2, -0.15) is 0 Å². The van der Waals surface area contributed by atoms with E-state index in [1.807, 2.05) is 54.7 Å². The fourth-order valence-electron chi connectivity index (χ4n) is 3.45. The molecular weight excluding hydrogens is 424 g/mol. The van der Waals surface area contributed by atoms with Crippen molar-refractivity contribution < 1.29 is 17.6 Å². The minimum atomic E-state index is -3.52. The Balaban J connectivity index is 1.65. The van der Waals surface area contributed by atoms with Gasteiger partial charge in [-0.05, 0) is 35.4 Å². The summed E-state index contributed by atoms with van der Waals surface area (Å²) in [6.07, 6.45) is 2.94. The van der Waals surface area contributed by atoms with Crippen LogP contribution in [0.4, 0.5) is 0 Å². The second-order valence-corrected chi connectivity index (χ2v) is 9.32. The number of para-hydroxylation sites is 1. The lowest BCUT2D eigenvalue weighted by Crippen LogP contribution is -2.28. The number of aromatic amines is 1. The molecule has 0 fully saturated rings. The first-order valence-corrected chi connectivity index (χ1v) is 11.5. The van der Waals surface area contributed by atoms with Crippen LogP contribution in [-0.4, -0.2) is 32.1 Å². The molecule has 0 aliphatic rings. The number of carbonyl (C=O) groups excluding carboxylic acids is 1. The standard InChI is InChI=1S/C22H19ClN2O4S/c1-30(27,28)21-11-10-20(29-21)22(26)25-13-16(14-6-2-4-8-18(14)23)17-12-24-19-9-5-3-7-15(17)19/h2-12,16,24H,13H2,1H3,(H,25,26). The van der Waals surface area contributed by atoms with Gasteiger partial charge < -0.3 is 14.7 Å². The van der Waals surface area contributed by atoms with Gasteiger partial charge >= 0.3 is 0 Å². The van der Waals surface area contributed by atoms with Crippen LogP contribution in [-0.2, 0) is 9.84 Å². The van der Waals surface area contributed by atoms with Crippen molar-refractivity contribution in [1.29, 1.82) is 0 Å². The molecule has 0 bridgehead atoms. The van der Waals surface area contributed by atoms with E-state index in [9.17, 15) is 13.2 Å². The lowest BCUT2D eigenvalue weighted by molar-refractivity contribution is 0.0919. The highest BCUT2D eigenvalue weighted by Crippen LogP contribution is 2.34. The minimum absolute atomic E-state index is 0.0627. The van der Waals surface area contributed by atoms with E-state index in [1.54, 1.807) is 0 Å². The summed E-state index contributed by atoms with van der Waals surface area (Å²) >= 11 is 6.46. The molecule has 1 unspecified atom stereocenters. The van der Waals surface area contributed by atoms with Crippen LogP contribution in [0.25, 0.3) is 10.9 Å². The predicted octanol–water partition coefficient (Wildman–Crippen LogP) is 4.38. The summed E-state index contributed by atoms with van der Waals surface area (Å²) in [4.78, 5) is 15.9. The van der Waals surface area contributed by atoms with Gasteiger partial charge in [-0.15, -0.1) is 0 Å². The minimum Gasteiger partial charge on any atom is -0.440 e. The summed E-state index contributed by atoms with van der Waals surface area (Å²) < 4.78 is 28.4. The molecule has 1 amide bonds. The number of H-pyrrole nitrogens is 1. The summed E-state index contributed by atoms with van der Waals surface area (Å²) in [5.74, 6) is -0.780. The highest BCUT2D eigenvalue weighted by molar-refractivity contribution is 7.90. The number of fused-ring (bicyclic) bond motifs is 1. The van der Waals surface area contributed by atoms with Crippen molar-refractivity contribution in [3.8, 4) is 0 Å². The van der Waals surface area contributed by atoms with Gasteiger partial charge in [-0.1, -0.05) is 48.0 Å². The lowest BCUT2D eigenvalue weighted by atomic mass is 9.90. The Labute approximate surface area is 178 Å². The first kappa shape index (κ1) is 20.3. The SMILES string of the molecule is CS(=O)(=O)c1ccc(C(=O)NCC(c2ccccc2Cl)c2c[nH]c3ccccc23)o1. The summed E-state index contributed by atoms with van der Waals surface area (Å²) in [6, 6.07) is 18.0. The van der Waals surface area contributed by atoms with Gasteiger partial charge in [0.2, 0.25) is 14.9 Å². The Hall–Kier alpha value is -3.03. The molecule has 2 heterocycles. The van der Waals surface area contributed by atoms with Crippen molar-refractivity contribution in [2.24, 2.45) is 0 Å². The second-order valence-electron chi connectivity index (χ2n) is 6.96. The maximum atomic E-state index is 12.6. The van der Waals surface area contributed by atoms with Crippen molar-refractivity contribution in [2.45, 2.75) is 11.0 Å². The first-order chi connectivity index (χ1) is 14.3. The van der Waals surface area contributed by atoms with Crippen LogP contribution in [0, 0.1) is 0 Å². The van der Waals surface area contributed by atoms with Gasteiger partial charge in [0.1, 0.15) is 0 Å². The van der Waals surface area contributed by atoms with Crippen molar-refractivity contribution >= 4 is 38.2 Å². The van der Waals surface area contributed by atoms with Crippen LogP contribution in [0.5, 0.6) is 0 Å². The van der Waals surface area contributed by atoms with Crippen LogP contribution in [0.15, 0.2) is 76.4 Å². The van der Waals surface area contributed by atoms with Crippen molar-refractivity contribution in [3.05, 3.63) is 88.8 Å². The average Bonchev–Trinajstić information content (AvgIpc) is 3.37. The number of hydrogen-bond donors (Lipinski definition) is 2. The zero-order chi connectivity index (χ0) is 21.3. The Morgan fingerprint density at radius 2 is 1.80 bits per heavy atom. The number of carbonyl (C=O) groups is 1. The molecule has 0 aliphatic carbocycles. The van der Waals surface area contributed by atoms with Gasteiger partial charge in [0.25, 0.3) is 5.91 Å². The van der Waals surface area contributed by atoms with Gasteiger partial charge in [0.05, 0.1) is 0 Å². The third-order valence-corrected chi connectivity index (χ3v) is 6.21. The number of furan rings is 1. The lowest BCUT2D eigenvalue weighted by Gasteiger charge is -2.19. The molecule has 1 atom stereocenters. The quantitative estimate of drug-likeness (QED) is 0.463. The topological polar surface area (TPSA) is 92.2 Å². The molecule has 0 saturated carbocycles. The van der Waals surface area contributed by atoms with E-state index in [0.29, 0.717) is 5.02 Å². The maximum Gasteiger partial charge on any atom is 0.287 e. The third kappa shape index (κ3) is 3.99. The van der Waals surface area contributed by atoms with Crippen LogP contribution < -0.4 is 5.32 Å². The number of aromatic nitrogens is 1. The van der Waals surface area contributed by atoms with Gasteiger partial charge in [0, 0.05) is 40.8 Å². The largest absolute Gasteiger partial charge is 0.440 e. The molecular formula is C22H19ClN2O4S. The zero-order valence-corrected chi connectivity index (χ0v) is 17.6. The normalized spacial score (nSPS) is 12.7. The second kappa shape index (κ2) is 8.01. The molecule has 30 heavy (non-hydrogen) atoms. The smallest absolute Gasteiger partial charge is 0.287 e. The van der Waals surface area contributed by atoms with Crippen molar-refractivity contribution in [2.75, 3.05) is 12.8 Å². The third-order valence-electron chi connectivity index (χ3n) is 4.91. The monoisotopic (exact) mass is 442 g/mol. The van der Waals surface area contributed by atoms with E-state index in [1.165, 1.54) is 12.1 Å². The molecule has 0 aliphatic heterocycles. The molecule has 0 radical (unpaired) electrons. The van der Waals surface area contributed by atoms with E-state index in [-0.39, 0.29) is 23.3 Å². The molecule has 0 spiro atoms. The molecule has 6 nitrogen and oxygen atoms in total. The van der Waals surface area contributed by atoms with Gasteiger partial charge in [-0.3, -0.25) is 4.79 Å². The highest BCUT2D eigenvalue weighted by atomic mass is 35.5. The van der Waals surface area contributed by atoms with Gasteiger partial charge in [-0.25, -0.2) is 8.42 Å². The summed E-state index contributed by atoms with van der Waals surface area (Å²) in [6.45, 7) is 0.249. The number of hydrogen-bond acceptors (Lipinski definition) is 4. The van der Waals surface area contributed by atoms with Crippen molar-refractivity contribution in [3.63, 3.8) is 0 Å². The molecule has 4 rings (SSSR count). The summed E-state index contributed by atoms with van der Waals surface area (Å²) in [5, 5.41) is 4.23. The molecule has 2 aromatic heterocycles. The molecule has 2 N–H and O–H groups in total. The van der Waals surface area contributed by atoms with Crippen LogP contribution in [0.2, 0.25) is 5.02 Å². The molecule has 154 valence electrons. The molecule has 2 aromatic carbocycles. The Bertz CT molecular complexity index is 1320. The van der Waals surface area contributed by atoms with Crippen LogP contribution >= 0.6 is 11.6 Å². The summed E-state index contributed by atoms with van der Waals surface area (Å²) in [7, 11) is -3.52. The maximum absolute atomic E-state index is 12.6. The molecule has 0 saturated heterocycles. The number of sulfone groups is 1. The molecule has 8 heteroatoms. The highest BCUT2D eigenvalue weighted by Gasteiger charge is 2.23. The van der Waals surface area contributed by atoms with E-state index >= 15 is 0 Å². The average molecular weight is 443 g/mol. The zero-order valence-electron chi connectivity index (χ0n) is 16.1. The molecule has 4 aromatic rings. The fourth-order valence-corrected chi connectivity index (χ4v) is 4.27. The number of nitrogens with one attached hydrogen (secondary N) is 2. The Kier molecular flexibility index (Phi) is 5.40. The first-order valence-electron chi connectivity index (χ1n) is 9.23. The predicted molar refractivity (Wildman–Crippen MR) is 116 cm³/mol. The van der Waals surface area contributed by atoms with E-state index in [2.05, 4.69) is 10.3 Å². The van der Waals surface area contributed by atoms with Gasteiger partial charge in [0.15, 0.2) is 5.76 Å². The van der Waals surface area contributed by atoms with E-state index in [4.69, 9.17) is 16.0 Å². The Morgan fingerprint density at radius 1 is 1.07 bits per heavy atom. The number of benzene rings is 2. The van der Waals surface area contributed by atoms with Crippen LogP contribution in [0.3, 0.4) is 0 Å². The van der Waals surface area contributed by atoms with Crippen molar-refractivity contribution in [1.82, 2.24) is 10.3 Å². The van der Waals surface area contributed by atoms with Crippen LogP contribution in [0.1, 0.15) is 27.6 Å².